The van der Waals surface area contributed by atoms with Gasteiger partial charge < -0.3 is 25.2 Å². The van der Waals surface area contributed by atoms with E-state index in [4.69, 9.17) is 4.74 Å². The van der Waals surface area contributed by atoms with E-state index in [9.17, 15) is 9.18 Å². The van der Waals surface area contributed by atoms with Gasteiger partial charge in [0.15, 0.2) is 11.6 Å². The molecule has 0 aliphatic heterocycles. The Bertz CT molecular complexity index is 1080. The summed E-state index contributed by atoms with van der Waals surface area (Å²) >= 11 is 0. The maximum absolute atomic E-state index is 14.4. The quantitative estimate of drug-likeness (QED) is 0.397. The average Bonchev–Trinajstić information content (AvgIpc) is 2.89. The summed E-state index contributed by atoms with van der Waals surface area (Å²) in [4.78, 5) is 23.9. The zero-order valence-corrected chi connectivity index (χ0v) is 21.2. The fraction of sp³-hybridized carbons (Fsp3) is 0.370. The molecule has 1 aliphatic carbocycles. The van der Waals surface area contributed by atoms with Crippen LogP contribution in [0, 0.1) is 5.82 Å². The fourth-order valence-electron chi connectivity index (χ4n) is 3.71. The van der Waals surface area contributed by atoms with E-state index in [1.165, 1.54) is 6.08 Å². The number of amides is 1. The Kier molecular flexibility index (Phi) is 10.1. The number of hydrogen-bond acceptors (Lipinski definition) is 7. The first-order valence-electron chi connectivity index (χ1n) is 12.2. The lowest BCUT2D eigenvalue weighted by Crippen LogP contribution is -2.28. The summed E-state index contributed by atoms with van der Waals surface area (Å²) in [5, 5.41) is 6.13. The Hall–Kier alpha value is -3.56. The lowest BCUT2D eigenvalue weighted by atomic mass is 10.1. The molecule has 1 aliphatic rings. The Morgan fingerprint density at radius 3 is 2.69 bits per heavy atom. The van der Waals surface area contributed by atoms with Crippen LogP contribution in [-0.4, -0.2) is 65.1 Å². The van der Waals surface area contributed by atoms with Crippen molar-refractivity contribution in [2.45, 2.75) is 32.9 Å². The number of carbonyl (C=O) groups is 1. The number of benzene rings is 1. The predicted molar refractivity (Wildman–Crippen MR) is 141 cm³/mol. The molecule has 1 aromatic carbocycles. The zero-order chi connectivity index (χ0) is 25.9. The summed E-state index contributed by atoms with van der Waals surface area (Å²) in [6, 6.07) is 7.35. The number of aromatic nitrogens is 2. The van der Waals surface area contributed by atoms with Gasteiger partial charge in [-0.2, -0.15) is 4.98 Å². The smallest absolute Gasteiger partial charge is 0.245 e. The van der Waals surface area contributed by atoms with Crippen LogP contribution >= 0.6 is 0 Å². The van der Waals surface area contributed by atoms with Crippen LogP contribution in [0.2, 0.25) is 0 Å². The summed E-state index contributed by atoms with van der Waals surface area (Å²) in [5.74, 6) is -0.376. The van der Waals surface area contributed by atoms with E-state index in [1.807, 2.05) is 42.5 Å². The van der Waals surface area contributed by atoms with E-state index in [1.54, 1.807) is 11.9 Å². The maximum Gasteiger partial charge on any atom is 0.245 e. The molecule has 2 N–H and O–H groups in total. The normalized spacial score (nSPS) is 14.9. The molecule has 0 bridgehead atoms. The van der Waals surface area contributed by atoms with Crippen LogP contribution in [0.3, 0.4) is 0 Å². The van der Waals surface area contributed by atoms with Gasteiger partial charge in [0.2, 0.25) is 11.9 Å². The molecule has 3 rings (SSSR count). The van der Waals surface area contributed by atoms with E-state index in [2.05, 4.69) is 45.9 Å². The molecule has 36 heavy (non-hydrogen) atoms. The summed E-state index contributed by atoms with van der Waals surface area (Å²) in [6.45, 7) is 11.8. The van der Waals surface area contributed by atoms with E-state index < -0.39 is 5.82 Å². The fourth-order valence-corrected chi connectivity index (χ4v) is 3.71. The van der Waals surface area contributed by atoms with Crippen molar-refractivity contribution < 1.29 is 13.9 Å². The SMILES string of the molecule is C=CC(=O)N(C)Cc1ccc(Nc2nc(NC3=CC(OCCN(CC)CC)CC=C3)ncc2F)cc1. The Morgan fingerprint density at radius 1 is 1.25 bits per heavy atom. The topological polar surface area (TPSA) is 82.6 Å². The number of likely N-dealkylation sites (N-methyl/N-ethyl adjacent to an activating group) is 2. The van der Waals surface area contributed by atoms with Crippen LogP contribution in [0.4, 0.5) is 21.8 Å². The first-order chi connectivity index (χ1) is 17.4. The van der Waals surface area contributed by atoms with E-state index in [-0.39, 0.29) is 23.8 Å². The van der Waals surface area contributed by atoms with Crippen molar-refractivity contribution in [3.8, 4) is 0 Å². The molecule has 1 unspecified atom stereocenters. The summed E-state index contributed by atoms with van der Waals surface area (Å²) in [6.07, 6.45) is 9.14. The zero-order valence-electron chi connectivity index (χ0n) is 21.2. The highest BCUT2D eigenvalue weighted by Gasteiger charge is 2.13. The van der Waals surface area contributed by atoms with Crippen LogP contribution < -0.4 is 10.6 Å². The van der Waals surface area contributed by atoms with E-state index in [0.717, 1.165) is 43.5 Å². The predicted octanol–water partition coefficient (Wildman–Crippen LogP) is 4.49. The molecular weight excluding hydrogens is 459 g/mol. The Morgan fingerprint density at radius 2 is 2.00 bits per heavy atom. The monoisotopic (exact) mass is 494 g/mol. The Labute approximate surface area is 212 Å². The van der Waals surface area contributed by atoms with Crippen molar-refractivity contribution in [2.75, 3.05) is 43.9 Å². The lowest BCUT2D eigenvalue weighted by molar-refractivity contribution is -0.125. The number of nitrogens with one attached hydrogen (secondary N) is 2. The first-order valence-corrected chi connectivity index (χ1v) is 12.2. The summed E-state index contributed by atoms with van der Waals surface area (Å²) < 4.78 is 20.4. The van der Waals surface area contributed by atoms with Gasteiger partial charge in [-0.25, -0.2) is 9.37 Å². The maximum atomic E-state index is 14.4. The minimum absolute atomic E-state index is 0.0366. The molecule has 1 amide bonds. The number of allylic oxidation sites excluding steroid dienone is 1. The van der Waals surface area contributed by atoms with Gasteiger partial charge in [-0.3, -0.25) is 4.79 Å². The van der Waals surface area contributed by atoms with E-state index in [0.29, 0.717) is 18.8 Å². The third-order valence-corrected chi connectivity index (χ3v) is 5.85. The Balaban J connectivity index is 1.60. The minimum Gasteiger partial charge on any atom is -0.372 e. The van der Waals surface area contributed by atoms with Gasteiger partial charge in [-0.15, -0.1) is 0 Å². The number of anilines is 3. The average molecular weight is 495 g/mol. The minimum atomic E-state index is -0.563. The molecule has 0 radical (unpaired) electrons. The number of carbonyl (C=O) groups excluding carboxylic acids is 1. The van der Waals surface area contributed by atoms with Gasteiger partial charge in [0.05, 0.1) is 18.9 Å². The van der Waals surface area contributed by atoms with Crippen molar-refractivity contribution in [2.24, 2.45) is 0 Å². The highest BCUT2D eigenvalue weighted by atomic mass is 19.1. The molecular formula is C27H35FN6O2. The van der Waals surface area contributed by atoms with Crippen LogP contribution in [-0.2, 0) is 16.1 Å². The molecule has 8 nitrogen and oxygen atoms in total. The van der Waals surface area contributed by atoms with Crippen molar-refractivity contribution in [3.05, 3.63) is 78.4 Å². The number of rotatable bonds is 13. The lowest BCUT2D eigenvalue weighted by Gasteiger charge is -2.21. The van der Waals surface area contributed by atoms with Crippen molar-refractivity contribution >= 4 is 23.4 Å². The molecule has 9 heteroatoms. The number of nitrogens with zero attached hydrogens (tertiary/aromatic N) is 4. The molecule has 1 heterocycles. The van der Waals surface area contributed by atoms with Gasteiger partial charge in [-0.1, -0.05) is 38.6 Å². The largest absolute Gasteiger partial charge is 0.372 e. The standard InChI is InChI=1S/C27H35FN6O2/c1-5-25(35)33(4)19-20-11-13-21(14-12-20)30-26-24(28)18-29-27(32-26)31-22-9-8-10-23(17-22)36-16-15-34(6-2)7-3/h5,8-9,11-14,17-18,23H,1,6-7,10,15-16,19H2,2-4H3,(H2,29,30,31,32). The number of halogens is 1. The molecule has 192 valence electrons. The van der Waals surface area contributed by atoms with Crippen LogP contribution in [0.5, 0.6) is 0 Å². The molecule has 0 saturated carbocycles. The highest BCUT2D eigenvalue weighted by Crippen LogP contribution is 2.21. The molecule has 0 spiro atoms. The van der Waals surface area contributed by atoms with Gasteiger partial charge in [-0.05, 0) is 55.4 Å². The van der Waals surface area contributed by atoms with Gasteiger partial charge >= 0.3 is 0 Å². The van der Waals surface area contributed by atoms with Crippen molar-refractivity contribution in [1.29, 1.82) is 0 Å². The molecule has 1 aromatic heterocycles. The second kappa shape index (κ2) is 13.5. The van der Waals surface area contributed by atoms with Crippen LogP contribution in [0.1, 0.15) is 25.8 Å². The van der Waals surface area contributed by atoms with E-state index >= 15 is 0 Å². The third kappa shape index (κ3) is 8.00. The third-order valence-electron chi connectivity index (χ3n) is 5.85. The van der Waals surface area contributed by atoms with Crippen LogP contribution in [0.15, 0.2) is 67.0 Å². The van der Waals surface area contributed by atoms with Crippen molar-refractivity contribution in [3.63, 3.8) is 0 Å². The molecule has 1 atom stereocenters. The second-order valence-corrected chi connectivity index (χ2v) is 8.43. The van der Waals surface area contributed by atoms with Gasteiger partial charge in [0.1, 0.15) is 0 Å². The summed E-state index contributed by atoms with van der Waals surface area (Å²) in [7, 11) is 1.71. The molecule has 0 fully saturated rings. The van der Waals surface area contributed by atoms with Crippen molar-refractivity contribution in [1.82, 2.24) is 19.8 Å². The molecule has 0 saturated heterocycles. The number of hydrogen-bond donors (Lipinski definition) is 2. The molecule has 2 aromatic rings. The number of ether oxygens (including phenoxy) is 1. The highest BCUT2D eigenvalue weighted by molar-refractivity contribution is 5.86. The first kappa shape index (κ1) is 27.0. The summed E-state index contributed by atoms with van der Waals surface area (Å²) in [5.41, 5.74) is 2.40. The van der Waals surface area contributed by atoms with Crippen LogP contribution in [0.25, 0.3) is 0 Å². The second-order valence-electron chi connectivity index (χ2n) is 8.43. The van der Waals surface area contributed by atoms with Gasteiger partial charge in [0.25, 0.3) is 0 Å². The van der Waals surface area contributed by atoms with Gasteiger partial charge in [0, 0.05) is 31.5 Å².